The smallest absolute Gasteiger partial charge is 0.184 e. The summed E-state index contributed by atoms with van der Waals surface area (Å²) < 4.78 is 0. The molecule has 1 aromatic rings. The van der Waals surface area contributed by atoms with E-state index in [0.717, 1.165) is 30.5 Å². The molecule has 0 saturated carbocycles. The second-order valence-corrected chi connectivity index (χ2v) is 3.34. The fourth-order valence-electron chi connectivity index (χ4n) is 1.80. The van der Waals surface area contributed by atoms with Crippen molar-refractivity contribution in [3.8, 4) is 0 Å². The van der Waals surface area contributed by atoms with Crippen molar-refractivity contribution in [2.45, 2.75) is 25.7 Å². The molecule has 13 heavy (non-hydrogen) atoms. The van der Waals surface area contributed by atoms with E-state index in [1.807, 2.05) is 0 Å². The number of carbonyl (C=O) groups excluding carboxylic acids is 1. The van der Waals surface area contributed by atoms with Crippen LogP contribution >= 0.6 is 0 Å². The number of H-pyrrole nitrogens is 1. The van der Waals surface area contributed by atoms with Crippen LogP contribution < -0.4 is 5.73 Å². The van der Waals surface area contributed by atoms with Crippen LogP contribution in [0.2, 0.25) is 0 Å². The van der Waals surface area contributed by atoms with E-state index in [9.17, 15) is 4.79 Å². The Morgan fingerprint density at radius 2 is 2.38 bits per heavy atom. The number of hydrogen-bond donors (Lipinski definition) is 2. The van der Waals surface area contributed by atoms with Gasteiger partial charge in [0.15, 0.2) is 5.78 Å². The van der Waals surface area contributed by atoms with Gasteiger partial charge in [-0.15, -0.1) is 0 Å². The Hall–Kier alpha value is -1.16. The van der Waals surface area contributed by atoms with E-state index in [0.29, 0.717) is 18.7 Å². The summed E-state index contributed by atoms with van der Waals surface area (Å²) >= 11 is 0. The molecule has 0 aromatic carbocycles. The van der Waals surface area contributed by atoms with Gasteiger partial charge in [-0.25, -0.2) is 0 Å². The number of carbonyl (C=O) groups is 1. The Morgan fingerprint density at radius 1 is 1.54 bits per heavy atom. The number of fused-ring (bicyclic) bond motifs is 1. The van der Waals surface area contributed by atoms with Gasteiger partial charge in [0.05, 0.1) is 0 Å². The van der Waals surface area contributed by atoms with Crippen LogP contribution in [-0.2, 0) is 12.8 Å². The van der Waals surface area contributed by atoms with Crippen LogP contribution in [0.25, 0.3) is 0 Å². The molecule has 0 fully saturated rings. The average Bonchev–Trinajstić information content (AvgIpc) is 2.62. The third kappa shape index (κ3) is 1.37. The van der Waals surface area contributed by atoms with Gasteiger partial charge in [-0.2, -0.15) is 5.10 Å². The van der Waals surface area contributed by atoms with Crippen LogP contribution in [0.3, 0.4) is 0 Å². The molecule has 1 aliphatic rings. The number of ketones is 1. The van der Waals surface area contributed by atoms with Crippen molar-refractivity contribution in [2.24, 2.45) is 5.73 Å². The molecule has 0 unspecified atom stereocenters. The van der Waals surface area contributed by atoms with Crippen molar-refractivity contribution < 1.29 is 4.79 Å². The molecule has 0 radical (unpaired) electrons. The van der Waals surface area contributed by atoms with Gasteiger partial charge in [-0.05, 0) is 25.8 Å². The van der Waals surface area contributed by atoms with E-state index in [-0.39, 0.29) is 5.78 Å². The molecule has 0 amide bonds. The monoisotopic (exact) mass is 179 g/mol. The lowest BCUT2D eigenvalue weighted by Gasteiger charge is -1.95. The van der Waals surface area contributed by atoms with Crippen molar-refractivity contribution in [3.63, 3.8) is 0 Å². The van der Waals surface area contributed by atoms with Gasteiger partial charge >= 0.3 is 0 Å². The van der Waals surface area contributed by atoms with Gasteiger partial charge < -0.3 is 5.73 Å². The lowest BCUT2D eigenvalue weighted by Crippen LogP contribution is -2.10. The van der Waals surface area contributed by atoms with Crippen molar-refractivity contribution in [2.75, 3.05) is 6.54 Å². The van der Waals surface area contributed by atoms with Crippen LogP contribution in [0.1, 0.15) is 34.6 Å². The minimum Gasteiger partial charge on any atom is -0.330 e. The summed E-state index contributed by atoms with van der Waals surface area (Å²) in [6, 6.07) is 0. The van der Waals surface area contributed by atoms with Crippen molar-refractivity contribution in [3.05, 3.63) is 17.0 Å². The molecule has 2 rings (SSSR count). The van der Waals surface area contributed by atoms with Gasteiger partial charge in [0, 0.05) is 17.7 Å². The van der Waals surface area contributed by atoms with E-state index in [1.54, 1.807) is 0 Å². The SMILES string of the molecule is NCCC(=O)c1n[nH]c2c1CCC2. The summed E-state index contributed by atoms with van der Waals surface area (Å²) in [5, 5.41) is 6.94. The Morgan fingerprint density at radius 3 is 3.15 bits per heavy atom. The Balaban J connectivity index is 2.26. The minimum absolute atomic E-state index is 0.0712. The molecular formula is C9H13N3O. The molecule has 0 saturated heterocycles. The average molecular weight is 179 g/mol. The fourth-order valence-corrected chi connectivity index (χ4v) is 1.80. The van der Waals surface area contributed by atoms with Gasteiger partial charge in [-0.1, -0.05) is 0 Å². The van der Waals surface area contributed by atoms with Gasteiger partial charge in [0.2, 0.25) is 0 Å². The molecule has 1 aliphatic carbocycles. The van der Waals surface area contributed by atoms with Crippen molar-refractivity contribution >= 4 is 5.78 Å². The highest BCUT2D eigenvalue weighted by Gasteiger charge is 2.21. The molecule has 0 aliphatic heterocycles. The predicted octanol–water partition coefficient (Wildman–Crippen LogP) is 0.430. The number of nitrogens with two attached hydrogens (primary N) is 1. The first-order valence-corrected chi connectivity index (χ1v) is 4.62. The van der Waals surface area contributed by atoms with Gasteiger partial charge in [-0.3, -0.25) is 9.89 Å². The van der Waals surface area contributed by atoms with Crippen LogP contribution in [0.4, 0.5) is 0 Å². The molecule has 70 valence electrons. The largest absolute Gasteiger partial charge is 0.330 e. The maximum Gasteiger partial charge on any atom is 0.184 e. The molecule has 4 heteroatoms. The van der Waals surface area contributed by atoms with Crippen molar-refractivity contribution in [1.29, 1.82) is 0 Å². The van der Waals surface area contributed by atoms with E-state index < -0.39 is 0 Å². The summed E-state index contributed by atoms with van der Waals surface area (Å²) in [6.45, 7) is 0.403. The van der Waals surface area contributed by atoms with Crippen LogP contribution in [-0.4, -0.2) is 22.5 Å². The summed E-state index contributed by atoms with van der Waals surface area (Å²) in [7, 11) is 0. The van der Waals surface area contributed by atoms with Crippen LogP contribution in [0, 0.1) is 0 Å². The molecule has 3 N–H and O–H groups in total. The molecule has 0 bridgehead atoms. The maximum atomic E-state index is 11.5. The van der Waals surface area contributed by atoms with Crippen molar-refractivity contribution in [1.82, 2.24) is 10.2 Å². The topological polar surface area (TPSA) is 71.8 Å². The first-order chi connectivity index (χ1) is 6.33. The number of aryl methyl sites for hydroxylation is 1. The first kappa shape index (κ1) is 8.44. The normalized spacial score (nSPS) is 14.5. The Kier molecular flexibility index (Phi) is 2.14. The van der Waals surface area contributed by atoms with E-state index >= 15 is 0 Å². The standard InChI is InChI=1S/C9H13N3O/c10-5-4-8(13)9-6-2-1-3-7(6)11-12-9/h1-5,10H2,(H,11,12). The number of rotatable bonds is 3. The van der Waals surface area contributed by atoms with E-state index in [4.69, 9.17) is 5.73 Å². The Labute approximate surface area is 76.5 Å². The molecule has 0 spiro atoms. The number of aromatic nitrogens is 2. The molecule has 4 nitrogen and oxygen atoms in total. The number of nitrogens with zero attached hydrogens (tertiary/aromatic N) is 1. The van der Waals surface area contributed by atoms with Crippen LogP contribution in [0.5, 0.6) is 0 Å². The zero-order valence-electron chi connectivity index (χ0n) is 7.47. The second-order valence-electron chi connectivity index (χ2n) is 3.34. The lowest BCUT2D eigenvalue weighted by atomic mass is 10.1. The highest BCUT2D eigenvalue weighted by atomic mass is 16.1. The minimum atomic E-state index is 0.0712. The predicted molar refractivity (Wildman–Crippen MR) is 48.6 cm³/mol. The Bertz CT molecular complexity index is 330. The van der Waals surface area contributed by atoms with Crippen LogP contribution in [0.15, 0.2) is 0 Å². The highest BCUT2D eigenvalue weighted by Crippen LogP contribution is 2.23. The summed E-state index contributed by atoms with van der Waals surface area (Å²) in [6.07, 6.45) is 3.54. The van der Waals surface area contributed by atoms with E-state index in [1.165, 1.54) is 0 Å². The number of aromatic amines is 1. The second kappa shape index (κ2) is 3.30. The van der Waals surface area contributed by atoms with Gasteiger partial charge in [0.25, 0.3) is 0 Å². The molecule has 1 heterocycles. The molecular weight excluding hydrogens is 166 g/mol. The molecule has 0 atom stereocenters. The third-order valence-corrected chi connectivity index (χ3v) is 2.44. The number of hydrogen-bond acceptors (Lipinski definition) is 3. The number of Topliss-reactive ketones (excluding diaryl/α,β-unsaturated/α-hetero) is 1. The summed E-state index contributed by atoms with van der Waals surface area (Å²) in [5.41, 5.74) is 8.21. The van der Waals surface area contributed by atoms with E-state index in [2.05, 4.69) is 10.2 Å². The fraction of sp³-hybridized carbons (Fsp3) is 0.556. The molecule has 1 aromatic heterocycles. The highest BCUT2D eigenvalue weighted by molar-refractivity contribution is 5.96. The summed E-state index contributed by atoms with van der Waals surface area (Å²) in [5.74, 6) is 0.0712. The third-order valence-electron chi connectivity index (χ3n) is 2.44. The zero-order valence-corrected chi connectivity index (χ0v) is 7.47. The summed E-state index contributed by atoms with van der Waals surface area (Å²) in [4.78, 5) is 11.5. The quantitative estimate of drug-likeness (QED) is 0.661. The lowest BCUT2D eigenvalue weighted by molar-refractivity contribution is 0.0980. The zero-order chi connectivity index (χ0) is 9.26. The van der Waals surface area contributed by atoms with Gasteiger partial charge in [0.1, 0.15) is 5.69 Å². The maximum absolute atomic E-state index is 11.5. The number of nitrogens with one attached hydrogen (secondary N) is 1. The first-order valence-electron chi connectivity index (χ1n) is 4.62.